The Labute approximate surface area is 242 Å². The molecule has 1 aliphatic heterocycles. The first-order chi connectivity index (χ1) is 20.1. The number of esters is 1. The SMILES string of the molecule is CCOC(=O)c1ccc(NC(=O)C2=C(N)[C@H](C(=O)Nc3ccc(OC)cc3[N+](=O)[O-])SC2=Nc2ccc(F)cc2)cc1. The summed E-state index contributed by atoms with van der Waals surface area (Å²) in [5, 5.41) is 15.6. The van der Waals surface area contributed by atoms with Crippen molar-refractivity contribution in [1.29, 1.82) is 0 Å². The first kappa shape index (κ1) is 29.7. The van der Waals surface area contributed by atoms with Gasteiger partial charge in [-0.1, -0.05) is 11.8 Å². The predicted molar refractivity (Wildman–Crippen MR) is 155 cm³/mol. The number of nitro benzene ring substituents is 1. The molecule has 3 aromatic rings. The molecule has 0 aromatic heterocycles. The molecule has 3 aromatic carbocycles. The number of hydrogen-bond acceptors (Lipinski definition) is 10. The monoisotopic (exact) mass is 593 g/mol. The molecule has 0 fully saturated rings. The first-order valence-electron chi connectivity index (χ1n) is 12.3. The molecule has 0 saturated carbocycles. The van der Waals surface area contributed by atoms with Crippen LogP contribution in [-0.2, 0) is 14.3 Å². The van der Waals surface area contributed by atoms with Crippen LogP contribution in [0.4, 0.5) is 27.1 Å². The zero-order chi connectivity index (χ0) is 30.4. The summed E-state index contributed by atoms with van der Waals surface area (Å²) in [5.41, 5.74) is 6.46. The largest absolute Gasteiger partial charge is 0.496 e. The van der Waals surface area contributed by atoms with Gasteiger partial charge < -0.3 is 25.8 Å². The van der Waals surface area contributed by atoms with Gasteiger partial charge in [0.15, 0.2) is 0 Å². The average molecular weight is 594 g/mol. The Balaban J connectivity index is 1.65. The number of carbonyl (C=O) groups excluding carboxylic acids is 3. The van der Waals surface area contributed by atoms with Gasteiger partial charge in [-0.15, -0.1) is 0 Å². The van der Waals surface area contributed by atoms with E-state index in [1.165, 1.54) is 67.8 Å². The number of nitrogens with one attached hydrogen (secondary N) is 2. The lowest BCUT2D eigenvalue weighted by atomic mass is 10.1. The first-order valence-corrected chi connectivity index (χ1v) is 13.2. The Morgan fingerprint density at radius 1 is 1.07 bits per heavy atom. The number of nitro groups is 1. The zero-order valence-corrected chi connectivity index (χ0v) is 23.1. The van der Waals surface area contributed by atoms with E-state index < -0.39 is 39.5 Å². The number of hydrogen-bond donors (Lipinski definition) is 3. The highest BCUT2D eigenvalue weighted by Crippen LogP contribution is 2.37. The molecule has 42 heavy (non-hydrogen) atoms. The molecule has 0 spiro atoms. The lowest BCUT2D eigenvalue weighted by Crippen LogP contribution is -2.29. The highest BCUT2D eigenvalue weighted by molar-refractivity contribution is 8.16. The molecule has 14 heteroatoms. The van der Waals surface area contributed by atoms with Crippen molar-refractivity contribution in [3.05, 3.63) is 99.5 Å². The van der Waals surface area contributed by atoms with E-state index in [0.29, 0.717) is 11.4 Å². The lowest BCUT2D eigenvalue weighted by Gasteiger charge is -2.12. The smallest absolute Gasteiger partial charge is 0.338 e. The van der Waals surface area contributed by atoms with Gasteiger partial charge in [-0.25, -0.2) is 14.2 Å². The minimum Gasteiger partial charge on any atom is -0.496 e. The number of anilines is 2. The van der Waals surface area contributed by atoms with Crippen LogP contribution >= 0.6 is 11.8 Å². The molecule has 0 unspecified atom stereocenters. The van der Waals surface area contributed by atoms with E-state index >= 15 is 0 Å². The molecule has 1 aliphatic rings. The third-order valence-electron chi connectivity index (χ3n) is 5.85. The van der Waals surface area contributed by atoms with Crippen molar-refractivity contribution in [2.24, 2.45) is 10.7 Å². The standard InChI is InChI=1S/C28H24FN5O7S/c1-3-41-28(37)15-4-8-17(9-5-15)31-25(35)22-23(30)24(42-27(22)32-18-10-6-16(29)7-11-18)26(36)33-20-13-12-19(40-2)14-21(20)34(38)39/h4-14,24H,3,30H2,1-2H3,(H,31,35)(H,33,36)/t24-/m1/s1. The van der Waals surface area contributed by atoms with E-state index in [9.17, 15) is 28.9 Å². The number of nitrogens with zero attached hydrogens (tertiary/aromatic N) is 2. The van der Waals surface area contributed by atoms with E-state index in [4.69, 9.17) is 15.2 Å². The molecule has 1 atom stereocenters. The van der Waals surface area contributed by atoms with Crippen LogP contribution in [0.5, 0.6) is 5.75 Å². The summed E-state index contributed by atoms with van der Waals surface area (Å²) in [6.07, 6.45) is 0. The fourth-order valence-electron chi connectivity index (χ4n) is 3.82. The summed E-state index contributed by atoms with van der Waals surface area (Å²) in [5.74, 6) is -2.23. The van der Waals surface area contributed by atoms with Crippen LogP contribution in [0.25, 0.3) is 0 Å². The Morgan fingerprint density at radius 3 is 2.38 bits per heavy atom. The number of methoxy groups -OCH3 is 1. The molecule has 0 bridgehead atoms. The van der Waals surface area contributed by atoms with Gasteiger partial charge in [0.1, 0.15) is 27.5 Å². The van der Waals surface area contributed by atoms with E-state index in [-0.39, 0.29) is 39.9 Å². The normalized spacial score (nSPS) is 15.3. The molecule has 12 nitrogen and oxygen atoms in total. The van der Waals surface area contributed by atoms with Crippen LogP contribution in [0.15, 0.2) is 83.0 Å². The molecular weight excluding hydrogens is 569 g/mol. The molecule has 1 heterocycles. The van der Waals surface area contributed by atoms with Crippen LogP contribution in [0.3, 0.4) is 0 Å². The van der Waals surface area contributed by atoms with Crippen molar-refractivity contribution >= 4 is 57.3 Å². The maximum absolute atomic E-state index is 13.5. The summed E-state index contributed by atoms with van der Waals surface area (Å²) < 4.78 is 23.4. The molecule has 4 N–H and O–H groups in total. The van der Waals surface area contributed by atoms with Gasteiger partial charge in [0.25, 0.3) is 11.6 Å². The third-order valence-corrected chi connectivity index (χ3v) is 7.07. The predicted octanol–water partition coefficient (Wildman–Crippen LogP) is 4.55. The van der Waals surface area contributed by atoms with Gasteiger partial charge in [-0.05, 0) is 67.6 Å². The number of thioether (sulfide) groups is 1. The van der Waals surface area contributed by atoms with Gasteiger partial charge in [-0.2, -0.15) is 0 Å². The van der Waals surface area contributed by atoms with Crippen molar-refractivity contribution in [2.45, 2.75) is 12.2 Å². The second kappa shape index (κ2) is 13.0. The number of aliphatic imine (C=N–C) groups is 1. The Kier molecular flexibility index (Phi) is 9.17. The van der Waals surface area contributed by atoms with Crippen molar-refractivity contribution in [3.8, 4) is 5.75 Å². The number of rotatable bonds is 9. The van der Waals surface area contributed by atoms with Crippen LogP contribution in [0.1, 0.15) is 17.3 Å². The zero-order valence-electron chi connectivity index (χ0n) is 22.3. The van der Waals surface area contributed by atoms with Crippen molar-refractivity contribution in [2.75, 3.05) is 24.4 Å². The number of amides is 2. The van der Waals surface area contributed by atoms with Crippen LogP contribution in [0.2, 0.25) is 0 Å². The summed E-state index contributed by atoms with van der Waals surface area (Å²) in [7, 11) is 1.35. The summed E-state index contributed by atoms with van der Waals surface area (Å²) >= 11 is 0.854. The highest BCUT2D eigenvalue weighted by Gasteiger charge is 2.39. The minimum absolute atomic E-state index is 0.0733. The maximum Gasteiger partial charge on any atom is 0.338 e. The highest BCUT2D eigenvalue weighted by atomic mass is 32.2. The minimum atomic E-state index is -1.18. The molecule has 4 rings (SSSR count). The Morgan fingerprint density at radius 2 is 1.76 bits per heavy atom. The number of nitrogens with two attached hydrogens (primary N) is 1. The summed E-state index contributed by atoms with van der Waals surface area (Å²) in [6, 6.07) is 15.0. The second-order valence-electron chi connectivity index (χ2n) is 8.60. The Hall–Kier alpha value is -5.24. The van der Waals surface area contributed by atoms with E-state index in [2.05, 4.69) is 15.6 Å². The van der Waals surface area contributed by atoms with Gasteiger partial charge >= 0.3 is 5.97 Å². The average Bonchev–Trinajstić information content (AvgIpc) is 3.30. The maximum atomic E-state index is 13.5. The molecule has 0 radical (unpaired) electrons. The van der Waals surface area contributed by atoms with Crippen molar-refractivity contribution < 1.29 is 33.2 Å². The van der Waals surface area contributed by atoms with Gasteiger partial charge in [0.05, 0.1) is 41.5 Å². The summed E-state index contributed by atoms with van der Waals surface area (Å²) in [4.78, 5) is 54.0. The van der Waals surface area contributed by atoms with Gasteiger partial charge in [-0.3, -0.25) is 19.7 Å². The third kappa shape index (κ3) is 6.72. The van der Waals surface area contributed by atoms with Crippen molar-refractivity contribution in [1.82, 2.24) is 0 Å². The van der Waals surface area contributed by atoms with Crippen LogP contribution in [-0.4, -0.2) is 46.7 Å². The molecule has 0 aliphatic carbocycles. The fraction of sp³-hybridized carbons (Fsp3) is 0.143. The Bertz CT molecular complexity index is 1610. The van der Waals surface area contributed by atoms with Crippen LogP contribution in [0, 0.1) is 15.9 Å². The van der Waals surface area contributed by atoms with E-state index in [1.807, 2.05) is 0 Å². The van der Waals surface area contributed by atoms with E-state index in [1.54, 1.807) is 6.92 Å². The molecule has 2 amide bonds. The van der Waals surface area contributed by atoms with E-state index in [0.717, 1.165) is 17.8 Å². The fourth-order valence-corrected chi connectivity index (χ4v) is 4.94. The lowest BCUT2D eigenvalue weighted by molar-refractivity contribution is -0.384. The van der Waals surface area contributed by atoms with Crippen molar-refractivity contribution in [3.63, 3.8) is 0 Å². The van der Waals surface area contributed by atoms with Crippen LogP contribution < -0.4 is 21.1 Å². The molecule has 216 valence electrons. The number of halogens is 1. The quantitative estimate of drug-likeness (QED) is 0.182. The number of benzene rings is 3. The molecule has 0 saturated heterocycles. The number of ether oxygens (including phenoxy) is 2. The van der Waals surface area contributed by atoms with Gasteiger partial charge in [0.2, 0.25) is 5.91 Å². The second-order valence-corrected chi connectivity index (χ2v) is 9.70. The number of carbonyl (C=O) groups is 3. The summed E-state index contributed by atoms with van der Waals surface area (Å²) in [6.45, 7) is 1.89. The topological polar surface area (TPSA) is 175 Å². The molecular formula is C28H24FN5O7S. The van der Waals surface area contributed by atoms with Gasteiger partial charge in [0, 0.05) is 11.4 Å².